The fraction of sp³-hybridized carbons (Fsp3) is 0.500. The first kappa shape index (κ1) is 19.0. The fourth-order valence-electron chi connectivity index (χ4n) is 3.64. The maximum Gasteiger partial charge on any atom is 0.231 e. The Labute approximate surface area is 170 Å². The molecule has 1 fully saturated rings. The maximum absolute atomic E-state index is 5.49. The van der Waals surface area contributed by atoms with Crippen LogP contribution >= 0.6 is 11.3 Å². The van der Waals surface area contributed by atoms with E-state index in [1.54, 1.807) is 11.3 Å². The summed E-state index contributed by atoms with van der Waals surface area (Å²) < 4.78 is 10.9. The monoisotopic (exact) mass is 401 g/mol. The molecule has 2 aliphatic heterocycles. The molecule has 0 bridgehead atoms. The number of hydrogen-bond acceptors (Lipinski definition) is 6. The molecule has 2 aliphatic rings. The third kappa shape index (κ3) is 4.23. The molecule has 1 aromatic carbocycles. The molecule has 0 aliphatic carbocycles. The van der Waals surface area contributed by atoms with Gasteiger partial charge in [-0.05, 0) is 31.5 Å². The molecule has 0 radical (unpaired) electrons. The van der Waals surface area contributed by atoms with Crippen LogP contribution < -0.4 is 14.8 Å². The van der Waals surface area contributed by atoms with Crippen molar-refractivity contribution in [2.24, 2.45) is 4.99 Å². The lowest BCUT2D eigenvalue weighted by Gasteiger charge is -2.36. The van der Waals surface area contributed by atoms with Crippen molar-refractivity contribution in [3.05, 3.63) is 39.3 Å². The van der Waals surface area contributed by atoms with Crippen LogP contribution in [0.5, 0.6) is 11.5 Å². The summed E-state index contributed by atoms with van der Waals surface area (Å²) in [7, 11) is 1.85. The second-order valence-corrected chi connectivity index (χ2v) is 8.38. The Hall–Kier alpha value is -2.32. The zero-order valence-electron chi connectivity index (χ0n) is 16.7. The molecule has 0 atom stereocenters. The highest BCUT2D eigenvalue weighted by Crippen LogP contribution is 2.32. The number of benzene rings is 1. The lowest BCUT2D eigenvalue weighted by atomic mass is 10.1. The third-order valence-electron chi connectivity index (χ3n) is 5.13. The number of aryl methyl sites for hydroxylation is 2. The minimum absolute atomic E-state index is 0.324. The molecule has 8 heteroatoms. The Kier molecular flexibility index (Phi) is 5.68. The predicted octanol–water partition coefficient (Wildman–Crippen LogP) is 2.38. The summed E-state index contributed by atoms with van der Waals surface area (Å²) in [4.78, 5) is 15.1. The molecule has 2 aromatic rings. The number of nitrogens with one attached hydrogen (secondary N) is 1. The molecule has 0 unspecified atom stereocenters. The highest BCUT2D eigenvalue weighted by atomic mass is 32.1. The van der Waals surface area contributed by atoms with E-state index in [1.165, 1.54) is 10.4 Å². The van der Waals surface area contributed by atoms with Gasteiger partial charge in [-0.2, -0.15) is 0 Å². The summed E-state index contributed by atoms with van der Waals surface area (Å²) in [6.07, 6.45) is 0. The van der Waals surface area contributed by atoms with Crippen molar-refractivity contribution in [2.45, 2.75) is 26.9 Å². The molecular formula is C20H27N5O2S. The van der Waals surface area contributed by atoms with E-state index in [1.807, 2.05) is 13.1 Å². The summed E-state index contributed by atoms with van der Waals surface area (Å²) in [6.45, 7) is 10.1. The smallest absolute Gasteiger partial charge is 0.231 e. The van der Waals surface area contributed by atoms with E-state index in [-0.39, 0.29) is 0 Å². The number of aromatic nitrogens is 1. The summed E-state index contributed by atoms with van der Waals surface area (Å²) >= 11 is 1.75. The summed E-state index contributed by atoms with van der Waals surface area (Å²) in [6, 6.07) is 6.22. The topological polar surface area (TPSA) is 62.2 Å². The highest BCUT2D eigenvalue weighted by molar-refractivity contribution is 7.11. The van der Waals surface area contributed by atoms with Crippen molar-refractivity contribution >= 4 is 17.3 Å². The van der Waals surface area contributed by atoms with Crippen molar-refractivity contribution < 1.29 is 9.47 Å². The number of piperazine rings is 1. The van der Waals surface area contributed by atoms with Gasteiger partial charge < -0.3 is 19.7 Å². The van der Waals surface area contributed by atoms with Gasteiger partial charge in [0.1, 0.15) is 0 Å². The van der Waals surface area contributed by atoms with Gasteiger partial charge in [0.15, 0.2) is 17.5 Å². The van der Waals surface area contributed by atoms with Crippen molar-refractivity contribution in [1.29, 1.82) is 0 Å². The Morgan fingerprint density at radius 1 is 1.18 bits per heavy atom. The van der Waals surface area contributed by atoms with Gasteiger partial charge in [-0.3, -0.25) is 9.89 Å². The molecule has 7 nitrogen and oxygen atoms in total. The molecule has 1 aromatic heterocycles. The second kappa shape index (κ2) is 8.36. The lowest BCUT2D eigenvalue weighted by molar-refractivity contribution is 0.171. The molecule has 150 valence electrons. The van der Waals surface area contributed by atoms with E-state index in [4.69, 9.17) is 9.47 Å². The lowest BCUT2D eigenvalue weighted by Crippen LogP contribution is -2.52. The number of nitrogens with zero attached hydrogens (tertiary/aromatic N) is 4. The number of aliphatic imine (C=N–C) groups is 1. The average molecular weight is 402 g/mol. The van der Waals surface area contributed by atoms with Crippen LogP contribution in [0.4, 0.5) is 0 Å². The first-order valence-electron chi connectivity index (χ1n) is 9.62. The molecular weight excluding hydrogens is 374 g/mol. The fourth-order valence-corrected chi connectivity index (χ4v) is 4.52. The third-order valence-corrected chi connectivity index (χ3v) is 6.21. The van der Waals surface area contributed by atoms with Crippen LogP contribution in [0.3, 0.4) is 0 Å². The largest absolute Gasteiger partial charge is 0.454 e. The summed E-state index contributed by atoms with van der Waals surface area (Å²) in [5.41, 5.74) is 2.37. The Morgan fingerprint density at radius 2 is 1.96 bits per heavy atom. The SMILES string of the molecule is CN=C(NCc1sc(C)nc1C)N1CCN(Cc2ccc3c(c2)OCO3)CC1. The number of ether oxygens (including phenoxy) is 2. The molecule has 0 amide bonds. The van der Waals surface area contributed by atoms with E-state index >= 15 is 0 Å². The normalized spacial score (nSPS) is 17.2. The second-order valence-electron chi connectivity index (χ2n) is 7.09. The molecule has 4 rings (SSSR count). The molecule has 3 heterocycles. The average Bonchev–Trinajstić information content (AvgIpc) is 3.28. The summed E-state index contributed by atoms with van der Waals surface area (Å²) in [5, 5.41) is 4.61. The van der Waals surface area contributed by atoms with E-state index in [0.29, 0.717) is 6.79 Å². The van der Waals surface area contributed by atoms with E-state index in [0.717, 1.165) is 67.4 Å². The Balaban J connectivity index is 1.28. The minimum Gasteiger partial charge on any atom is -0.454 e. The number of rotatable bonds is 4. The maximum atomic E-state index is 5.49. The number of hydrogen-bond donors (Lipinski definition) is 1. The van der Waals surface area contributed by atoms with Gasteiger partial charge in [0.05, 0.1) is 17.2 Å². The standard InChI is InChI=1S/C20H27N5O2S/c1-14-19(28-15(2)23-14)11-22-20(21-3)25-8-6-24(7-9-25)12-16-4-5-17-18(10-16)27-13-26-17/h4-5,10H,6-9,11-13H2,1-3H3,(H,21,22). The minimum atomic E-state index is 0.324. The quantitative estimate of drug-likeness (QED) is 0.627. The van der Waals surface area contributed by atoms with Gasteiger partial charge in [-0.1, -0.05) is 6.07 Å². The predicted molar refractivity (Wildman–Crippen MR) is 111 cm³/mol. The van der Waals surface area contributed by atoms with Crippen LogP contribution in [0.1, 0.15) is 21.1 Å². The van der Waals surface area contributed by atoms with Gasteiger partial charge >= 0.3 is 0 Å². The van der Waals surface area contributed by atoms with E-state index in [9.17, 15) is 0 Å². The molecule has 28 heavy (non-hydrogen) atoms. The summed E-state index contributed by atoms with van der Waals surface area (Å²) in [5.74, 6) is 2.66. The molecule has 0 spiro atoms. The molecule has 1 saturated heterocycles. The van der Waals surface area contributed by atoms with Crippen molar-refractivity contribution in [3.63, 3.8) is 0 Å². The zero-order chi connectivity index (χ0) is 19.5. The van der Waals surface area contributed by atoms with Gasteiger partial charge in [0.2, 0.25) is 6.79 Å². The van der Waals surface area contributed by atoms with Crippen molar-refractivity contribution in [2.75, 3.05) is 40.0 Å². The van der Waals surface area contributed by atoms with Gasteiger partial charge in [-0.15, -0.1) is 11.3 Å². The van der Waals surface area contributed by atoms with Gasteiger partial charge in [0, 0.05) is 44.6 Å². The van der Waals surface area contributed by atoms with Crippen LogP contribution in [-0.2, 0) is 13.1 Å². The zero-order valence-corrected chi connectivity index (χ0v) is 17.5. The Morgan fingerprint density at radius 3 is 2.68 bits per heavy atom. The molecule has 1 N–H and O–H groups in total. The van der Waals surface area contributed by atoms with E-state index in [2.05, 4.69) is 51.1 Å². The van der Waals surface area contributed by atoms with Crippen LogP contribution in [0.25, 0.3) is 0 Å². The van der Waals surface area contributed by atoms with Crippen molar-refractivity contribution in [1.82, 2.24) is 20.1 Å². The van der Waals surface area contributed by atoms with Crippen LogP contribution in [0, 0.1) is 13.8 Å². The van der Waals surface area contributed by atoms with E-state index < -0.39 is 0 Å². The molecule has 0 saturated carbocycles. The van der Waals surface area contributed by atoms with Gasteiger partial charge in [-0.25, -0.2) is 4.98 Å². The van der Waals surface area contributed by atoms with Gasteiger partial charge in [0.25, 0.3) is 0 Å². The van der Waals surface area contributed by atoms with Crippen LogP contribution in [-0.4, -0.2) is 60.8 Å². The van der Waals surface area contributed by atoms with Crippen LogP contribution in [0.2, 0.25) is 0 Å². The number of guanidine groups is 1. The first-order chi connectivity index (χ1) is 13.6. The first-order valence-corrected chi connectivity index (χ1v) is 10.4. The number of thiazole rings is 1. The van der Waals surface area contributed by atoms with Crippen LogP contribution in [0.15, 0.2) is 23.2 Å². The van der Waals surface area contributed by atoms with Crippen molar-refractivity contribution in [3.8, 4) is 11.5 Å². The number of fused-ring (bicyclic) bond motifs is 1. The highest BCUT2D eigenvalue weighted by Gasteiger charge is 2.21. The Bertz CT molecular complexity index is 858.